The van der Waals surface area contributed by atoms with E-state index in [1.165, 1.54) is 23.2 Å². The first-order chi connectivity index (χ1) is 11.8. The molecule has 0 unspecified atom stereocenters. The van der Waals surface area contributed by atoms with E-state index in [-0.39, 0.29) is 0 Å². The Morgan fingerprint density at radius 3 is 2.75 bits per heavy atom. The van der Waals surface area contributed by atoms with Gasteiger partial charge < -0.3 is 15.4 Å². The zero-order valence-corrected chi connectivity index (χ0v) is 13.8. The van der Waals surface area contributed by atoms with Crippen molar-refractivity contribution >= 4 is 11.9 Å². The summed E-state index contributed by atoms with van der Waals surface area (Å²) in [7, 11) is 0. The molecule has 0 spiro atoms. The Balaban J connectivity index is 1.54. The third kappa shape index (κ3) is 2.84. The number of hydrazone groups is 1. The number of benzene rings is 2. The monoisotopic (exact) mass is 321 g/mol. The number of nitrogens with zero attached hydrogens (tertiary/aromatic N) is 2. The van der Waals surface area contributed by atoms with E-state index < -0.39 is 0 Å². The zero-order chi connectivity index (χ0) is 16.4. The Morgan fingerprint density at radius 2 is 1.92 bits per heavy atom. The quantitative estimate of drug-likeness (QED) is 0.671. The second kappa shape index (κ2) is 6.56. The van der Waals surface area contributed by atoms with Gasteiger partial charge in [-0.05, 0) is 42.9 Å². The predicted molar refractivity (Wildman–Crippen MR) is 97.8 cm³/mol. The molecule has 2 N–H and O–H groups in total. The first-order valence-corrected chi connectivity index (χ1v) is 8.75. The minimum atomic E-state index is 0.408. The number of rotatable bonds is 4. The van der Waals surface area contributed by atoms with Gasteiger partial charge in [0.1, 0.15) is 5.75 Å². The standard InChI is InChI=1S/C20H23N3O/c24-20-17(14-22-21-13-15-6-2-1-3-7-15)12-16-8-4-10-23-11-5-9-18(20)19(16)23/h1-3,6-7,12,14,21,24H,4-5,8-11,13H2. The third-order valence-corrected chi connectivity index (χ3v) is 4.95. The van der Waals surface area contributed by atoms with Crippen LogP contribution in [0.5, 0.6) is 5.75 Å². The normalized spacial score (nSPS) is 16.2. The fourth-order valence-corrected chi connectivity index (χ4v) is 3.81. The smallest absolute Gasteiger partial charge is 0.129 e. The summed E-state index contributed by atoms with van der Waals surface area (Å²) in [5.41, 5.74) is 8.85. The topological polar surface area (TPSA) is 47.9 Å². The first-order valence-electron chi connectivity index (χ1n) is 8.75. The summed E-state index contributed by atoms with van der Waals surface area (Å²) in [6.07, 6.45) is 6.12. The van der Waals surface area contributed by atoms with Crippen molar-refractivity contribution in [3.8, 4) is 5.75 Å². The molecule has 0 fully saturated rings. The van der Waals surface area contributed by atoms with Gasteiger partial charge in [-0.2, -0.15) is 5.10 Å². The summed E-state index contributed by atoms with van der Waals surface area (Å²) in [5, 5.41) is 15.0. The number of aromatic hydroxyl groups is 1. The molecule has 4 nitrogen and oxygen atoms in total. The van der Waals surface area contributed by atoms with E-state index in [2.05, 4.69) is 33.6 Å². The van der Waals surface area contributed by atoms with Gasteiger partial charge in [0.15, 0.2) is 0 Å². The molecule has 0 amide bonds. The van der Waals surface area contributed by atoms with E-state index in [0.717, 1.165) is 43.5 Å². The summed E-state index contributed by atoms with van der Waals surface area (Å²) in [4.78, 5) is 2.44. The molecular weight excluding hydrogens is 298 g/mol. The van der Waals surface area contributed by atoms with Crippen molar-refractivity contribution < 1.29 is 5.11 Å². The van der Waals surface area contributed by atoms with Crippen molar-refractivity contribution in [2.24, 2.45) is 5.10 Å². The molecule has 2 aliphatic rings. The second-order valence-electron chi connectivity index (χ2n) is 6.57. The second-order valence-corrected chi connectivity index (χ2v) is 6.57. The number of hydrogen-bond donors (Lipinski definition) is 2. The largest absolute Gasteiger partial charge is 0.507 e. The Bertz CT molecular complexity index is 753. The van der Waals surface area contributed by atoms with E-state index in [9.17, 15) is 5.11 Å². The van der Waals surface area contributed by atoms with Crippen LogP contribution in [-0.4, -0.2) is 24.4 Å². The maximum atomic E-state index is 10.7. The molecule has 2 aromatic rings. The lowest BCUT2D eigenvalue weighted by Gasteiger charge is -2.37. The molecule has 0 saturated heterocycles. The van der Waals surface area contributed by atoms with E-state index >= 15 is 0 Å². The van der Waals surface area contributed by atoms with Crippen LogP contribution in [0.1, 0.15) is 35.1 Å². The molecule has 2 aliphatic heterocycles. The highest BCUT2D eigenvalue weighted by Crippen LogP contribution is 2.41. The third-order valence-electron chi connectivity index (χ3n) is 4.95. The molecule has 0 atom stereocenters. The van der Waals surface area contributed by atoms with Gasteiger partial charge >= 0.3 is 0 Å². The summed E-state index contributed by atoms with van der Waals surface area (Å²) < 4.78 is 0. The molecule has 24 heavy (non-hydrogen) atoms. The van der Waals surface area contributed by atoms with Crippen molar-refractivity contribution in [1.82, 2.24) is 5.43 Å². The van der Waals surface area contributed by atoms with Crippen molar-refractivity contribution in [3.05, 3.63) is 58.7 Å². The first kappa shape index (κ1) is 15.1. The van der Waals surface area contributed by atoms with Gasteiger partial charge in [0.25, 0.3) is 0 Å². The highest BCUT2D eigenvalue weighted by molar-refractivity contribution is 5.87. The van der Waals surface area contributed by atoms with E-state index in [1.807, 2.05) is 18.2 Å². The Morgan fingerprint density at radius 1 is 1.12 bits per heavy atom. The van der Waals surface area contributed by atoms with E-state index in [0.29, 0.717) is 12.3 Å². The van der Waals surface area contributed by atoms with Crippen LogP contribution in [0.4, 0.5) is 5.69 Å². The Labute approximate surface area is 142 Å². The molecule has 0 radical (unpaired) electrons. The van der Waals surface area contributed by atoms with Gasteiger partial charge in [0, 0.05) is 29.9 Å². The lowest BCUT2D eigenvalue weighted by Crippen LogP contribution is -2.34. The van der Waals surface area contributed by atoms with Crippen LogP contribution in [-0.2, 0) is 19.4 Å². The van der Waals surface area contributed by atoms with Gasteiger partial charge in [-0.15, -0.1) is 0 Å². The van der Waals surface area contributed by atoms with E-state index in [1.54, 1.807) is 6.21 Å². The molecule has 4 heteroatoms. The maximum Gasteiger partial charge on any atom is 0.129 e. The Hall–Kier alpha value is -2.49. The summed E-state index contributed by atoms with van der Waals surface area (Å²) in [5.74, 6) is 0.408. The van der Waals surface area contributed by atoms with Crippen LogP contribution in [0.3, 0.4) is 0 Å². The van der Waals surface area contributed by atoms with Gasteiger partial charge in [0.05, 0.1) is 12.8 Å². The number of phenolic OH excluding ortho intramolecular Hbond substituents is 1. The summed E-state index contributed by atoms with van der Waals surface area (Å²) >= 11 is 0. The van der Waals surface area contributed by atoms with Gasteiger partial charge in [-0.3, -0.25) is 0 Å². The van der Waals surface area contributed by atoms with E-state index in [4.69, 9.17) is 0 Å². The molecule has 2 heterocycles. The van der Waals surface area contributed by atoms with Crippen LogP contribution in [0.25, 0.3) is 0 Å². The molecule has 2 aromatic carbocycles. The average Bonchev–Trinajstić information content (AvgIpc) is 2.63. The van der Waals surface area contributed by atoms with Gasteiger partial charge in [-0.25, -0.2) is 0 Å². The average molecular weight is 321 g/mol. The minimum absolute atomic E-state index is 0.408. The van der Waals surface area contributed by atoms with Crippen LogP contribution in [0.2, 0.25) is 0 Å². The molecular formula is C20H23N3O. The minimum Gasteiger partial charge on any atom is -0.507 e. The highest BCUT2D eigenvalue weighted by atomic mass is 16.3. The molecule has 0 aromatic heterocycles. The predicted octanol–water partition coefficient (Wildman–Crippen LogP) is 3.21. The molecule has 4 rings (SSSR count). The fraction of sp³-hybridized carbons (Fsp3) is 0.350. The molecule has 0 aliphatic carbocycles. The van der Waals surface area contributed by atoms with Crippen molar-refractivity contribution in [3.63, 3.8) is 0 Å². The summed E-state index contributed by atoms with van der Waals surface area (Å²) in [6, 6.07) is 12.3. The lowest BCUT2D eigenvalue weighted by atomic mass is 9.89. The van der Waals surface area contributed by atoms with Crippen LogP contribution >= 0.6 is 0 Å². The van der Waals surface area contributed by atoms with Crippen LogP contribution in [0, 0.1) is 0 Å². The number of anilines is 1. The molecule has 124 valence electrons. The van der Waals surface area contributed by atoms with Crippen molar-refractivity contribution in [1.29, 1.82) is 0 Å². The zero-order valence-electron chi connectivity index (χ0n) is 13.8. The Kier molecular flexibility index (Phi) is 4.11. The molecule has 0 bridgehead atoms. The van der Waals surface area contributed by atoms with Crippen molar-refractivity contribution in [2.45, 2.75) is 32.2 Å². The number of nitrogens with one attached hydrogen (secondary N) is 1. The summed E-state index contributed by atoms with van der Waals surface area (Å²) in [6.45, 7) is 2.92. The number of hydrogen-bond acceptors (Lipinski definition) is 4. The number of phenols is 1. The lowest BCUT2D eigenvalue weighted by molar-refractivity contribution is 0.461. The number of aryl methyl sites for hydroxylation is 1. The highest BCUT2D eigenvalue weighted by Gasteiger charge is 2.27. The van der Waals surface area contributed by atoms with Crippen molar-refractivity contribution in [2.75, 3.05) is 18.0 Å². The van der Waals surface area contributed by atoms with Crippen LogP contribution in [0.15, 0.2) is 41.5 Å². The SMILES string of the molecule is Oc1c(C=NNCc2ccccc2)cc2c3c1CCCN3CCC2. The fourth-order valence-electron chi connectivity index (χ4n) is 3.81. The van der Waals surface area contributed by atoms with Gasteiger partial charge in [0.2, 0.25) is 0 Å². The maximum absolute atomic E-state index is 10.7. The van der Waals surface area contributed by atoms with Gasteiger partial charge in [-0.1, -0.05) is 30.3 Å². The van der Waals surface area contributed by atoms with Crippen LogP contribution < -0.4 is 10.3 Å². The molecule has 0 saturated carbocycles.